The lowest BCUT2D eigenvalue weighted by Crippen LogP contribution is -2.18. The number of aryl methyl sites for hydroxylation is 2. The highest BCUT2D eigenvalue weighted by atomic mass is 32.2. The number of hydrogen-bond donors (Lipinski definition) is 1. The first-order valence-corrected chi connectivity index (χ1v) is 7.23. The molecule has 0 radical (unpaired) electrons. The number of nitrogens with zero attached hydrogens (tertiary/aromatic N) is 2. The van der Waals surface area contributed by atoms with Gasteiger partial charge < -0.3 is 9.73 Å². The lowest BCUT2D eigenvalue weighted by molar-refractivity contribution is 0.431. The molecule has 0 fully saturated rings. The second-order valence-corrected chi connectivity index (χ2v) is 5.45. The summed E-state index contributed by atoms with van der Waals surface area (Å²) in [7, 11) is 0. The van der Waals surface area contributed by atoms with Crippen LogP contribution in [0.2, 0.25) is 0 Å². The zero-order valence-electron chi connectivity index (χ0n) is 11.7. The largest absolute Gasteiger partial charge is 0.436 e. The Morgan fingerprint density at radius 2 is 2.16 bits per heavy atom. The maximum Gasteiger partial charge on any atom is 0.261 e. The van der Waals surface area contributed by atoms with Crippen molar-refractivity contribution < 1.29 is 4.42 Å². The van der Waals surface area contributed by atoms with E-state index in [2.05, 4.69) is 35.2 Å². The highest BCUT2D eigenvalue weighted by Gasteiger charge is 2.09. The van der Waals surface area contributed by atoms with Crippen LogP contribution in [-0.2, 0) is 0 Å². The smallest absolute Gasteiger partial charge is 0.261 e. The Morgan fingerprint density at radius 3 is 2.68 bits per heavy atom. The Kier molecular flexibility index (Phi) is 4.61. The molecule has 0 spiro atoms. The molecule has 4 nitrogen and oxygen atoms in total. The molecule has 2 heterocycles. The number of hydrogen-bond acceptors (Lipinski definition) is 5. The number of pyridine rings is 1. The van der Waals surface area contributed by atoms with Gasteiger partial charge in [0.15, 0.2) is 0 Å². The van der Waals surface area contributed by atoms with Crippen molar-refractivity contribution in [3.8, 4) is 0 Å². The summed E-state index contributed by atoms with van der Waals surface area (Å²) in [4.78, 5) is 9.85. The monoisotopic (exact) mass is 277 g/mol. The highest BCUT2D eigenvalue weighted by molar-refractivity contribution is 7.99. The number of oxazole rings is 1. The summed E-state index contributed by atoms with van der Waals surface area (Å²) in [5.41, 5.74) is 1.99. The van der Waals surface area contributed by atoms with Crippen LogP contribution >= 0.6 is 11.8 Å². The van der Waals surface area contributed by atoms with Crippen molar-refractivity contribution in [3.63, 3.8) is 0 Å². The maximum atomic E-state index is 5.55. The van der Waals surface area contributed by atoms with Crippen LogP contribution in [0.4, 0.5) is 0 Å². The summed E-state index contributed by atoms with van der Waals surface area (Å²) in [6.45, 7) is 9.01. The van der Waals surface area contributed by atoms with Crippen molar-refractivity contribution in [2.45, 2.75) is 43.9 Å². The highest BCUT2D eigenvalue weighted by Crippen LogP contribution is 2.28. The molecule has 0 aromatic carbocycles. The van der Waals surface area contributed by atoms with Gasteiger partial charge in [0.05, 0.1) is 11.4 Å². The first kappa shape index (κ1) is 14.1. The molecule has 0 saturated carbocycles. The Labute approximate surface area is 118 Å². The van der Waals surface area contributed by atoms with Crippen LogP contribution in [0.15, 0.2) is 32.9 Å². The second kappa shape index (κ2) is 6.21. The molecule has 0 aliphatic carbocycles. The minimum atomic E-state index is 0.273. The third kappa shape index (κ3) is 3.58. The molecule has 2 aromatic rings. The summed E-state index contributed by atoms with van der Waals surface area (Å²) in [5, 5.41) is 4.01. The maximum absolute atomic E-state index is 5.55. The molecule has 1 atom stereocenters. The summed E-state index contributed by atoms with van der Waals surface area (Å²) < 4.78 is 5.55. The predicted molar refractivity (Wildman–Crippen MR) is 76.4 cm³/mol. The Balaban J connectivity index is 2.06. The van der Waals surface area contributed by atoms with Crippen LogP contribution in [0.25, 0.3) is 0 Å². The lowest BCUT2D eigenvalue weighted by Gasteiger charge is -2.11. The fourth-order valence-corrected chi connectivity index (χ4v) is 2.50. The molecule has 1 N–H and O–H groups in total. The van der Waals surface area contributed by atoms with Gasteiger partial charge in [0.25, 0.3) is 5.22 Å². The molecule has 0 bridgehead atoms. The molecule has 0 aliphatic heterocycles. The van der Waals surface area contributed by atoms with Crippen molar-refractivity contribution in [1.29, 1.82) is 0 Å². The molecule has 102 valence electrons. The summed E-state index contributed by atoms with van der Waals surface area (Å²) in [5.74, 6) is 0.868. The summed E-state index contributed by atoms with van der Waals surface area (Å²) in [6.07, 6.45) is 1.86. The lowest BCUT2D eigenvalue weighted by atomic mass is 10.2. The topological polar surface area (TPSA) is 51.0 Å². The van der Waals surface area contributed by atoms with Crippen LogP contribution in [-0.4, -0.2) is 16.5 Å². The zero-order chi connectivity index (χ0) is 13.8. The van der Waals surface area contributed by atoms with Gasteiger partial charge in [-0.2, -0.15) is 0 Å². The van der Waals surface area contributed by atoms with Gasteiger partial charge in [0.2, 0.25) is 0 Å². The molecule has 19 heavy (non-hydrogen) atoms. The summed E-state index contributed by atoms with van der Waals surface area (Å²) >= 11 is 1.50. The van der Waals surface area contributed by atoms with E-state index in [0.717, 1.165) is 28.6 Å². The van der Waals surface area contributed by atoms with E-state index in [-0.39, 0.29) is 6.04 Å². The van der Waals surface area contributed by atoms with Gasteiger partial charge in [-0.15, -0.1) is 0 Å². The molecule has 0 saturated heterocycles. The third-order valence-corrected chi connectivity index (χ3v) is 3.75. The van der Waals surface area contributed by atoms with Crippen LogP contribution in [0.3, 0.4) is 0 Å². The normalized spacial score (nSPS) is 12.6. The summed E-state index contributed by atoms with van der Waals surface area (Å²) in [6, 6.07) is 4.36. The van der Waals surface area contributed by atoms with E-state index in [1.54, 1.807) is 0 Å². The standard InChI is InChI=1S/C14H19N3OS/c1-5-15-10(3)13-7-6-12(8-16-13)19-14-17-9(2)11(4)18-14/h6-8,10,15H,5H2,1-4H3. The number of rotatable bonds is 5. The Hall–Kier alpha value is -1.33. The fraction of sp³-hybridized carbons (Fsp3) is 0.429. The van der Waals surface area contributed by atoms with Crippen molar-refractivity contribution in [3.05, 3.63) is 35.5 Å². The van der Waals surface area contributed by atoms with Crippen LogP contribution in [0.5, 0.6) is 0 Å². The van der Waals surface area contributed by atoms with Gasteiger partial charge in [0, 0.05) is 17.1 Å². The second-order valence-electron chi connectivity index (χ2n) is 4.42. The molecule has 2 aromatic heterocycles. The van der Waals surface area contributed by atoms with Gasteiger partial charge in [-0.1, -0.05) is 6.92 Å². The first-order chi connectivity index (χ1) is 9.10. The van der Waals surface area contributed by atoms with E-state index >= 15 is 0 Å². The van der Waals surface area contributed by atoms with E-state index in [1.807, 2.05) is 26.1 Å². The molecular weight excluding hydrogens is 258 g/mol. The molecule has 5 heteroatoms. The average molecular weight is 277 g/mol. The predicted octanol–water partition coefficient (Wildman–Crippen LogP) is 3.51. The Bertz CT molecular complexity index is 517. The van der Waals surface area contributed by atoms with Crippen molar-refractivity contribution in [2.75, 3.05) is 6.54 Å². The molecule has 0 amide bonds. The van der Waals surface area contributed by atoms with E-state index in [9.17, 15) is 0 Å². The van der Waals surface area contributed by atoms with E-state index in [4.69, 9.17) is 4.42 Å². The van der Waals surface area contributed by atoms with Gasteiger partial charge in [-0.25, -0.2) is 4.98 Å². The fourth-order valence-electron chi connectivity index (χ4n) is 1.71. The average Bonchev–Trinajstić information content (AvgIpc) is 2.69. The van der Waals surface area contributed by atoms with Crippen molar-refractivity contribution >= 4 is 11.8 Å². The van der Waals surface area contributed by atoms with Crippen molar-refractivity contribution in [2.24, 2.45) is 0 Å². The number of aromatic nitrogens is 2. The van der Waals surface area contributed by atoms with Gasteiger partial charge in [-0.05, 0) is 51.2 Å². The number of nitrogens with one attached hydrogen (secondary N) is 1. The van der Waals surface area contributed by atoms with Gasteiger partial charge in [0.1, 0.15) is 5.76 Å². The molecule has 2 rings (SSSR count). The van der Waals surface area contributed by atoms with E-state index in [0.29, 0.717) is 5.22 Å². The molecule has 1 unspecified atom stereocenters. The van der Waals surface area contributed by atoms with Gasteiger partial charge in [-0.3, -0.25) is 4.98 Å². The van der Waals surface area contributed by atoms with Crippen LogP contribution in [0.1, 0.15) is 37.0 Å². The van der Waals surface area contributed by atoms with Crippen LogP contribution < -0.4 is 5.32 Å². The van der Waals surface area contributed by atoms with E-state index in [1.165, 1.54) is 11.8 Å². The first-order valence-electron chi connectivity index (χ1n) is 6.41. The Morgan fingerprint density at radius 1 is 1.37 bits per heavy atom. The van der Waals surface area contributed by atoms with Crippen molar-refractivity contribution in [1.82, 2.24) is 15.3 Å². The van der Waals surface area contributed by atoms with E-state index < -0.39 is 0 Å². The quantitative estimate of drug-likeness (QED) is 0.906. The van der Waals surface area contributed by atoms with Gasteiger partial charge >= 0.3 is 0 Å². The SMILES string of the molecule is CCNC(C)c1ccc(Sc2nc(C)c(C)o2)cn1. The van der Waals surface area contributed by atoms with Crippen LogP contribution in [0, 0.1) is 13.8 Å². The zero-order valence-corrected chi connectivity index (χ0v) is 12.5. The third-order valence-electron chi connectivity index (χ3n) is 2.93. The molecular formula is C14H19N3OS. The minimum Gasteiger partial charge on any atom is -0.436 e. The minimum absolute atomic E-state index is 0.273. The molecule has 0 aliphatic rings.